The number of carbonyl (C=O) groups excluding carboxylic acids is 2. The minimum absolute atomic E-state index is 0.319. The first-order chi connectivity index (χ1) is 10.9. The number of rotatable bonds is 4. The van der Waals surface area contributed by atoms with Gasteiger partial charge < -0.3 is 15.0 Å². The number of anilines is 2. The lowest BCUT2D eigenvalue weighted by Gasteiger charge is -2.18. The van der Waals surface area contributed by atoms with Crippen LogP contribution in [0.5, 0.6) is 0 Å². The van der Waals surface area contributed by atoms with Crippen LogP contribution in [0.1, 0.15) is 20.7 Å². The van der Waals surface area contributed by atoms with Gasteiger partial charge in [0.1, 0.15) is 0 Å². The highest BCUT2D eigenvalue weighted by atomic mass is 35.5. The van der Waals surface area contributed by atoms with Gasteiger partial charge in [-0.15, -0.1) is 0 Å². The fraction of sp³-hybridized carbons (Fsp3) is 0.176. The summed E-state index contributed by atoms with van der Waals surface area (Å²) in [4.78, 5) is 25.9. The van der Waals surface area contributed by atoms with E-state index in [1.165, 1.54) is 13.2 Å². The molecule has 0 aliphatic carbocycles. The van der Waals surface area contributed by atoms with Gasteiger partial charge in [-0.3, -0.25) is 4.79 Å². The van der Waals surface area contributed by atoms with Crippen molar-refractivity contribution in [2.75, 3.05) is 31.4 Å². The fourth-order valence-electron chi connectivity index (χ4n) is 2.10. The minimum Gasteiger partial charge on any atom is -0.465 e. The highest BCUT2D eigenvalue weighted by molar-refractivity contribution is 6.31. The van der Waals surface area contributed by atoms with Crippen LogP contribution in [0, 0.1) is 0 Å². The number of hydrogen-bond donors (Lipinski definition) is 1. The number of halogens is 1. The third-order valence-corrected chi connectivity index (χ3v) is 3.47. The molecule has 2 aromatic rings. The fourth-order valence-corrected chi connectivity index (χ4v) is 2.27. The van der Waals surface area contributed by atoms with Crippen molar-refractivity contribution in [1.29, 1.82) is 0 Å². The Morgan fingerprint density at radius 3 is 2.43 bits per heavy atom. The molecule has 0 fully saturated rings. The van der Waals surface area contributed by atoms with Crippen LogP contribution in [0.4, 0.5) is 11.4 Å². The van der Waals surface area contributed by atoms with Crippen molar-refractivity contribution in [1.82, 2.24) is 0 Å². The van der Waals surface area contributed by atoms with Gasteiger partial charge in [0.2, 0.25) is 0 Å². The second-order valence-electron chi connectivity index (χ2n) is 5.08. The van der Waals surface area contributed by atoms with E-state index in [0.29, 0.717) is 21.8 Å². The van der Waals surface area contributed by atoms with E-state index in [1.807, 2.05) is 25.1 Å². The Balaban J connectivity index is 2.29. The van der Waals surface area contributed by atoms with Crippen LogP contribution >= 0.6 is 11.6 Å². The lowest BCUT2D eigenvalue weighted by atomic mass is 10.1. The first-order valence-electron chi connectivity index (χ1n) is 6.89. The Bertz CT molecular complexity index is 744. The minimum atomic E-state index is -0.489. The van der Waals surface area contributed by atoms with E-state index in [2.05, 4.69) is 10.1 Å². The molecule has 120 valence electrons. The number of carbonyl (C=O) groups is 2. The number of esters is 1. The van der Waals surface area contributed by atoms with Crippen LogP contribution in [0.3, 0.4) is 0 Å². The molecular weight excluding hydrogens is 316 g/mol. The number of amides is 1. The summed E-state index contributed by atoms with van der Waals surface area (Å²) in [5, 5.41) is 3.34. The van der Waals surface area contributed by atoms with E-state index < -0.39 is 5.97 Å². The zero-order valence-electron chi connectivity index (χ0n) is 13.1. The summed E-state index contributed by atoms with van der Waals surface area (Å²) in [7, 11) is 5.04. The summed E-state index contributed by atoms with van der Waals surface area (Å²) < 4.78 is 4.66. The van der Waals surface area contributed by atoms with Crippen molar-refractivity contribution in [2.24, 2.45) is 0 Å². The molecule has 1 N–H and O–H groups in total. The van der Waals surface area contributed by atoms with Crippen LogP contribution < -0.4 is 10.2 Å². The van der Waals surface area contributed by atoms with Gasteiger partial charge in [0, 0.05) is 24.7 Å². The van der Waals surface area contributed by atoms with Crippen LogP contribution in [0.25, 0.3) is 0 Å². The third kappa shape index (κ3) is 4.02. The molecule has 2 aromatic carbocycles. The Morgan fingerprint density at radius 1 is 1.09 bits per heavy atom. The molecule has 2 rings (SSSR count). The largest absolute Gasteiger partial charge is 0.465 e. The second-order valence-corrected chi connectivity index (χ2v) is 5.52. The SMILES string of the molecule is COC(=O)c1cccc(C(=O)Nc2cc(Cl)ccc2N(C)C)c1. The quantitative estimate of drug-likeness (QED) is 0.871. The highest BCUT2D eigenvalue weighted by Crippen LogP contribution is 2.28. The maximum atomic E-state index is 12.4. The molecule has 0 saturated carbocycles. The molecule has 0 aromatic heterocycles. The van der Waals surface area contributed by atoms with E-state index in [9.17, 15) is 9.59 Å². The molecule has 0 atom stereocenters. The molecule has 5 nitrogen and oxygen atoms in total. The van der Waals surface area contributed by atoms with Crippen molar-refractivity contribution in [3.8, 4) is 0 Å². The van der Waals surface area contributed by atoms with Crippen molar-refractivity contribution in [3.63, 3.8) is 0 Å². The molecule has 0 saturated heterocycles. The molecule has 0 aliphatic rings. The first-order valence-corrected chi connectivity index (χ1v) is 7.27. The average Bonchev–Trinajstić information content (AvgIpc) is 2.54. The molecule has 1 amide bonds. The van der Waals surface area contributed by atoms with Gasteiger partial charge >= 0.3 is 5.97 Å². The maximum absolute atomic E-state index is 12.4. The molecule has 0 aliphatic heterocycles. The summed E-state index contributed by atoms with van der Waals surface area (Å²) in [6.07, 6.45) is 0. The predicted molar refractivity (Wildman–Crippen MR) is 91.5 cm³/mol. The third-order valence-electron chi connectivity index (χ3n) is 3.23. The Hall–Kier alpha value is -2.53. The monoisotopic (exact) mass is 332 g/mol. The lowest BCUT2D eigenvalue weighted by molar-refractivity contribution is 0.0600. The number of benzene rings is 2. The standard InChI is InChI=1S/C17H17ClN2O3/c1-20(2)15-8-7-13(18)10-14(15)19-16(21)11-5-4-6-12(9-11)17(22)23-3/h4-10H,1-3H3,(H,19,21). The van der Waals surface area contributed by atoms with Crippen molar-refractivity contribution < 1.29 is 14.3 Å². The number of nitrogens with zero attached hydrogens (tertiary/aromatic N) is 1. The lowest BCUT2D eigenvalue weighted by Crippen LogP contribution is -2.17. The Labute approximate surface area is 139 Å². The average molecular weight is 333 g/mol. The molecule has 0 spiro atoms. The molecule has 23 heavy (non-hydrogen) atoms. The predicted octanol–water partition coefficient (Wildman–Crippen LogP) is 3.44. The molecule has 0 unspecified atom stereocenters. The number of hydrogen-bond acceptors (Lipinski definition) is 4. The maximum Gasteiger partial charge on any atom is 0.337 e. The molecule has 0 heterocycles. The normalized spacial score (nSPS) is 10.1. The molecule has 0 radical (unpaired) electrons. The summed E-state index contributed by atoms with van der Waals surface area (Å²) >= 11 is 6.01. The van der Waals surface area contributed by atoms with E-state index in [4.69, 9.17) is 11.6 Å². The second kappa shape index (κ2) is 7.15. The van der Waals surface area contributed by atoms with Gasteiger partial charge in [0.15, 0.2) is 0 Å². The van der Waals surface area contributed by atoms with Crippen LogP contribution in [0.15, 0.2) is 42.5 Å². The zero-order chi connectivity index (χ0) is 17.0. The summed E-state index contributed by atoms with van der Waals surface area (Å²) in [5.41, 5.74) is 2.10. The van der Waals surface area contributed by atoms with Crippen molar-refractivity contribution in [3.05, 3.63) is 58.6 Å². The Morgan fingerprint density at radius 2 is 1.78 bits per heavy atom. The number of nitrogens with one attached hydrogen (secondary N) is 1. The highest BCUT2D eigenvalue weighted by Gasteiger charge is 2.13. The van der Waals surface area contributed by atoms with Crippen LogP contribution in [-0.4, -0.2) is 33.1 Å². The van der Waals surface area contributed by atoms with Gasteiger partial charge in [-0.05, 0) is 36.4 Å². The molecular formula is C17H17ClN2O3. The van der Waals surface area contributed by atoms with Gasteiger partial charge in [0.25, 0.3) is 5.91 Å². The summed E-state index contributed by atoms with van der Waals surface area (Å²) in [6.45, 7) is 0. The van der Waals surface area contributed by atoms with Gasteiger partial charge in [-0.2, -0.15) is 0 Å². The topological polar surface area (TPSA) is 58.6 Å². The van der Waals surface area contributed by atoms with Crippen molar-refractivity contribution in [2.45, 2.75) is 0 Å². The Kier molecular flexibility index (Phi) is 5.24. The van der Waals surface area contributed by atoms with Crippen LogP contribution in [0.2, 0.25) is 5.02 Å². The van der Waals surface area contributed by atoms with E-state index >= 15 is 0 Å². The number of methoxy groups -OCH3 is 1. The van der Waals surface area contributed by atoms with E-state index in [-0.39, 0.29) is 5.91 Å². The molecule has 6 heteroatoms. The zero-order valence-corrected chi connectivity index (χ0v) is 13.8. The van der Waals surface area contributed by atoms with Gasteiger partial charge in [-0.1, -0.05) is 17.7 Å². The number of ether oxygens (including phenoxy) is 1. The van der Waals surface area contributed by atoms with E-state index in [0.717, 1.165) is 5.69 Å². The summed E-state index contributed by atoms with van der Waals surface area (Å²) in [6, 6.07) is 11.6. The first kappa shape index (κ1) is 16.8. The smallest absolute Gasteiger partial charge is 0.337 e. The van der Waals surface area contributed by atoms with Crippen LogP contribution in [-0.2, 0) is 4.74 Å². The summed E-state index contributed by atoms with van der Waals surface area (Å²) in [5.74, 6) is -0.822. The van der Waals surface area contributed by atoms with Gasteiger partial charge in [-0.25, -0.2) is 4.79 Å². The molecule has 0 bridgehead atoms. The van der Waals surface area contributed by atoms with E-state index in [1.54, 1.807) is 30.3 Å². The van der Waals surface area contributed by atoms with Crippen molar-refractivity contribution >= 4 is 34.9 Å². The van der Waals surface area contributed by atoms with Gasteiger partial charge in [0.05, 0.1) is 24.0 Å².